The number of hydrogen-bond donors (Lipinski definition) is 2. The molecule has 0 unspecified atom stereocenters. The van der Waals surface area contributed by atoms with Crippen molar-refractivity contribution in [1.29, 1.82) is 0 Å². The van der Waals surface area contributed by atoms with Gasteiger partial charge >= 0.3 is 0 Å². The van der Waals surface area contributed by atoms with Gasteiger partial charge in [-0.1, -0.05) is 0 Å². The molecule has 0 fully saturated rings. The van der Waals surface area contributed by atoms with Gasteiger partial charge in [0.2, 0.25) is 11.7 Å². The number of aromatic nitrogens is 2. The van der Waals surface area contributed by atoms with Crippen molar-refractivity contribution >= 4 is 11.8 Å². The first kappa shape index (κ1) is 14.7. The fourth-order valence-electron chi connectivity index (χ4n) is 2.03. The summed E-state index contributed by atoms with van der Waals surface area (Å²) in [5.41, 5.74) is 13.1. The fraction of sp³-hybridized carbons (Fsp3) is 0.286. The molecular weight excluding hydrogens is 271 g/mol. The zero-order chi connectivity index (χ0) is 15.4. The van der Waals surface area contributed by atoms with Gasteiger partial charge in [0.15, 0.2) is 11.5 Å². The number of nitrogens with zero attached hydrogens (tertiary/aromatic N) is 2. The highest BCUT2D eigenvalue weighted by atomic mass is 16.5. The third kappa shape index (κ3) is 3.07. The second-order valence-electron chi connectivity index (χ2n) is 4.35. The van der Waals surface area contributed by atoms with Crippen LogP contribution in [-0.4, -0.2) is 31.3 Å². The van der Waals surface area contributed by atoms with Gasteiger partial charge in [0.25, 0.3) is 0 Å². The monoisotopic (exact) mass is 289 g/mol. The van der Waals surface area contributed by atoms with Crippen molar-refractivity contribution in [1.82, 2.24) is 9.97 Å². The standard InChI is InChI=1S/C14H18N4O3/c1-19-10-5-8(6-11(20-2)12(10)21-3)4-9-7-17-14(16)18-13(9)15/h5-7H,4H2,1-3H3,(H4,15,16,17,18)/i3-1. The molecule has 112 valence electrons. The van der Waals surface area contributed by atoms with E-state index in [9.17, 15) is 0 Å². The predicted octanol–water partition coefficient (Wildman–Crippen LogP) is 1.26. The summed E-state index contributed by atoms with van der Waals surface area (Å²) in [5.74, 6) is 2.23. The first-order chi connectivity index (χ1) is 10.1. The number of nitrogen functional groups attached to an aromatic ring is 2. The van der Waals surface area contributed by atoms with E-state index in [4.69, 9.17) is 25.7 Å². The third-order valence-electron chi connectivity index (χ3n) is 3.04. The molecule has 0 bridgehead atoms. The first-order valence-corrected chi connectivity index (χ1v) is 6.24. The van der Waals surface area contributed by atoms with Gasteiger partial charge in [-0.05, 0) is 17.7 Å². The molecule has 0 aliphatic heterocycles. The van der Waals surface area contributed by atoms with Crippen LogP contribution in [-0.2, 0) is 6.42 Å². The van der Waals surface area contributed by atoms with Crippen molar-refractivity contribution in [2.45, 2.75) is 6.42 Å². The average molecular weight is 289 g/mol. The van der Waals surface area contributed by atoms with E-state index < -0.39 is 0 Å². The molecule has 0 radical (unpaired) electrons. The molecule has 0 amide bonds. The molecule has 7 heteroatoms. The molecule has 1 aromatic carbocycles. The van der Waals surface area contributed by atoms with Crippen LogP contribution in [0.25, 0.3) is 0 Å². The number of nitrogens with two attached hydrogens (primary N) is 2. The molecule has 21 heavy (non-hydrogen) atoms. The molecule has 7 nitrogen and oxygen atoms in total. The van der Waals surface area contributed by atoms with Gasteiger partial charge in [0.05, 0.1) is 21.3 Å². The van der Waals surface area contributed by atoms with Crippen molar-refractivity contribution in [2.75, 3.05) is 32.8 Å². The Bertz CT molecular complexity index is 621. The van der Waals surface area contributed by atoms with Crippen LogP contribution in [0, 0.1) is 0 Å². The second kappa shape index (κ2) is 6.17. The molecular formula is C14H18N4O3. The normalized spacial score (nSPS) is 10.2. The number of ether oxygens (including phenoxy) is 3. The average Bonchev–Trinajstić information content (AvgIpc) is 2.49. The summed E-state index contributed by atoms with van der Waals surface area (Å²) in [4.78, 5) is 7.90. The van der Waals surface area contributed by atoms with E-state index in [2.05, 4.69) is 9.97 Å². The molecule has 0 aliphatic rings. The van der Waals surface area contributed by atoms with Crippen LogP contribution >= 0.6 is 0 Å². The lowest BCUT2D eigenvalue weighted by molar-refractivity contribution is 0.324. The third-order valence-corrected chi connectivity index (χ3v) is 3.04. The molecule has 0 saturated heterocycles. The predicted molar refractivity (Wildman–Crippen MR) is 79.8 cm³/mol. The molecule has 4 N–H and O–H groups in total. The molecule has 0 saturated carbocycles. The molecule has 1 heterocycles. The van der Waals surface area contributed by atoms with E-state index in [0.717, 1.165) is 11.1 Å². The van der Waals surface area contributed by atoms with Gasteiger partial charge in [-0.3, -0.25) is 0 Å². The van der Waals surface area contributed by atoms with Crippen LogP contribution in [0.5, 0.6) is 17.2 Å². The SMILES string of the molecule is COc1cc(Cc2cnc(N)nc2N)cc(OC)c1O[11CH3]. The largest absolute Gasteiger partial charge is 0.493 e. The summed E-state index contributed by atoms with van der Waals surface area (Å²) in [6, 6.07) is 3.72. The van der Waals surface area contributed by atoms with Crippen molar-refractivity contribution in [3.8, 4) is 17.2 Å². The Kier molecular flexibility index (Phi) is 4.32. The zero-order valence-electron chi connectivity index (χ0n) is 12.2. The highest BCUT2D eigenvalue weighted by Gasteiger charge is 2.14. The highest BCUT2D eigenvalue weighted by Crippen LogP contribution is 2.38. The number of methoxy groups -OCH3 is 3. The maximum Gasteiger partial charge on any atom is 0.221 e. The second-order valence-corrected chi connectivity index (χ2v) is 4.35. The van der Waals surface area contributed by atoms with Gasteiger partial charge in [0.1, 0.15) is 5.82 Å². The minimum atomic E-state index is 0.154. The van der Waals surface area contributed by atoms with Crippen molar-refractivity contribution in [2.24, 2.45) is 0 Å². The minimum Gasteiger partial charge on any atom is -0.493 e. The van der Waals surface area contributed by atoms with E-state index in [-0.39, 0.29) is 5.95 Å². The zero-order valence-corrected chi connectivity index (χ0v) is 12.2. The summed E-state index contributed by atoms with van der Waals surface area (Å²) >= 11 is 0. The van der Waals surface area contributed by atoms with Gasteiger partial charge < -0.3 is 25.7 Å². The lowest BCUT2D eigenvalue weighted by Gasteiger charge is -2.14. The minimum absolute atomic E-state index is 0.154. The van der Waals surface area contributed by atoms with Gasteiger partial charge in [-0.15, -0.1) is 0 Å². The molecule has 0 atom stereocenters. The van der Waals surface area contributed by atoms with Crippen LogP contribution < -0.4 is 25.7 Å². The van der Waals surface area contributed by atoms with E-state index in [1.54, 1.807) is 27.5 Å². The summed E-state index contributed by atoms with van der Waals surface area (Å²) < 4.78 is 15.9. The fourth-order valence-corrected chi connectivity index (χ4v) is 2.03. The Morgan fingerprint density at radius 2 is 1.62 bits per heavy atom. The Balaban J connectivity index is 2.40. The summed E-state index contributed by atoms with van der Waals surface area (Å²) in [6.07, 6.45) is 2.14. The molecule has 0 spiro atoms. The Morgan fingerprint density at radius 1 is 1.00 bits per heavy atom. The first-order valence-electron chi connectivity index (χ1n) is 6.24. The van der Waals surface area contributed by atoms with Crippen molar-refractivity contribution in [3.63, 3.8) is 0 Å². The van der Waals surface area contributed by atoms with E-state index in [1.165, 1.54) is 0 Å². The smallest absolute Gasteiger partial charge is 0.221 e. The number of hydrogen-bond acceptors (Lipinski definition) is 7. The number of rotatable bonds is 5. The van der Waals surface area contributed by atoms with Crippen LogP contribution in [0.15, 0.2) is 18.3 Å². The number of anilines is 2. The number of benzene rings is 1. The molecule has 2 rings (SSSR count). The van der Waals surface area contributed by atoms with E-state index >= 15 is 0 Å². The van der Waals surface area contributed by atoms with Gasteiger partial charge in [-0.2, -0.15) is 4.98 Å². The summed E-state index contributed by atoms with van der Waals surface area (Å²) in [7, 11) is 4.70. The summed E-state index contributed by atoms with van der Waals surface area (Å²) in [6.45, 7) is 0. The van der Waals surface area contributed by atoms with Crippen LogP contribution in [0.4, 0.5) is 11.8 Å². The van der Waals surface area contributed by atoms with Crippen LogP contribution in [0.1, 0.15) is 11.1 Å². The Labute approximate surface area is 122 Å². The maximum absolute atomic E-state index is 5.85. The van der Waals surface area contributed by atoms with Crippen molar-refractivity contribution < 1.29 is 14.2 Å². The van der Waals surface area contributed by atoms with E-state index in [0.29, 0.717) is 29.5 Å². The lowest BCUT2D eigenvalue weighted by Crippen LogP contribution is -2.04. The van der Waals surface area contributed by atoms with Crippen LogP contribution in [0.3, 0.4) is 0 Å². The van der Waals surface area contributed by atoms with Gasteiger partial charge in [-0.25, -0.2) is 4.98 Å². The lowest BCUT2D eigenvalue weighted by atomic mass is 10.1. The maximum atomic E-state index is 5.85. The Hall–Kier alpha value is -2.70. The quantitative estimate of drug-likeness (QED) is 0.853. The van der Waals surface area contributed by atoms with Gasteiger partial charge in [0, 0.05) is 18.2 Å². The highest BCUT2D eigenvalue weighted by molar-refractivity contribution is 5.55. The molecule has 0 aliphatic carbocycles. The van der Waals surface area contributed by atoms with Crippen LogP contribution in [0.2, 0.25) is 0 Å². The molecule has 1 aromatic heterocycles. The topological polar surface area (TPSA) is 106 Å². The Morgan fingerprint density at radius 3 is 2.10 bits per heavy atom. The summed E-state index contributed by atoms with van der Waals surface area (Å²) in [5, 5.41) is 0. The van der Waals surface area contributed by atoms with Crippen molar-refractivity contribution in [3.05, 3.63) is 29.5 Å². The molecule has 2 aromatic rings. The van der Waals surface area contributed by atoms with E-state index in [1.807, 2.05) is 12.1 Å².